The summed E-state index contributed by atoms with van der Waals surface area (Å²) >= 11 is 0. The van der Waals surface area contributed by atoms with E-state index in [2.05, 4.69) is 5.16 Å². The predicted octanol–water partition coefficient (Wildman–Crippen LogP) is 3.55. The van der Waals surface area contributed by atoms with Crippen molar-refractivity contribution < 1.29 is 53.5 Å². The number of ether oxygens (including phenoxy) is 3. The number of halogens is 1. The van der Waals surface area contributed by atoms with Crippen LogP contribution in [0.5, 0.6) is 0 Å². The zero-order valence-electron chi connectivity index (χ0n) is 30.8. The van der Waals surface area contributed by atoms with Crippen molar-refractivity contribution in [3.8, 4) is 0 Å². The molecule has 2 aliphatic heterocycles. The lowest BCUT2D eigenvalue weighted by atomic mass is 9.79. The van der Waals surface area contributed by atoms with Gasteiger partial charge in [0, 0.05) is 24.2 Å². The van der Waals surface area contributed by atoms with E-state index in [4.69, 9.17) is 19.0 Å². The van der Waals surface area contributed by atoms with Crippen molar-refractivity contribution in [2.75, 3.05) is 20.7 Å². The molecule has 4 N–H and O–H groups in total. The first-order valence-electron chi connectivity index (χ1n) is 17.8. The maximum atomic E-state index is 13.5. The normalized spacial score (nSPS) is 37.0. The Bertz CT molecular complexity index is 1340. The summed E-state index contributed by atoms with van der Waals surface area (Å²) in [7, 11) is 3.45. The minimum atomic E-state index is -1.29. The molecule has 2 unspecified atom stereocenters. The van der Waals surface area contributed by atoms with Gasteiger partial charge in [-0.3, -0.25) is 4.79 Å². The van der Waals surface area contributed by atoms with Crippen LogP contribution in [0.25, 0.3) is 0 Å². The summed E-state index contributed by atoms with van der Waals surface area (Å²) in [5, 5.41) is 48.3. The number of hydrogen-bond acceptors (Lipinski definition) is 12. The fraction of sp³-hybridized carbons (Fsp3) is 0.658. The van der Waals surface area contributed by atoms with Gasteiger partial charge in [0.1, 0.15) is 30.9 Å². The van der Waals surface area contributed by atoms with Crippen LogP contribution in [0.2, 0.25) is 0 Å². The Morgan fingerprint density at radius 3 is 2.37 bits per heavy atom. The molecule has 12 atom stereocenters. The molecule has 286 valence electrons. The van der Waals surface area contributed by atoms with Crippen LogP contribution in [0.15, 0.2) is 53.2 Å². The maximum Gasteiger partial charge on any atom is 0.308 e. The van der Waals surface area contributed by atoms with Crippen LogP contribution in [-0.2, 0) is 35.2 Å². The number of aliphatic hydroxyl groups is 4. The first-order valence-corrected chi connectivity index (χ1v) is 17.8. The highest BCUT2D eigenvalue weighted by molar-refractivity contribution is 5.96. The molecule has 0 amide bonds. The lowest BCUT2D eigenvalue weighted by Gasteiger charge is -2.46. The quantitative estimate of drug-likeness (QED) is 0.159. The molecule has 1 saturated heterocycles. The van der Waals surface area contributed by atoms with Crippen molar-refractivity contribution in [3.05, 3.63) is 59.4 Å². The van der Waals surface area contributed by atoms with Crippen molar-refractivity contribution in [2.45, 2.75) is 116 Å². The molecule has 3 rings (SSSR count). The molecule has 51 heavy (non-hydrogen) atoms. The number of cyclic esters (lactones) is 1. The Labute approximate surface area is 300 Å². The molecule has 13 heteroatoms. The lowest BCUT2D eigenvalue weighted by Crippen LogP contribution is -2.63. The van der Waals surface area contributed by atoms with Gasteiger partial charge >= 0.3 is 5.97 Å². The smallest absolute Gasteiger partial charge is 0.308 e. The number of rotatable bonds is 10. The van der Waals surface area contributed by atoms with E-state index in [1.807, 2.05) is 32.9 Å². The number of nitrogens with zero attached hydrogens (tertiary/aromatic N) is 2. The summed E-state index contributed by atoms with van der Waals surface area (Å²) in [6, 6.07) is 5.14. The molecule has 0 bridgehead atoms. The summed E-state index contributed by atoms with van der Waals surface area (Å²) in [5.41, 5.74) is 2.00. The van der Waals surface area contributed by atoms with Crippen LogP contribution in [-0.4, -0.2) is 113 Å². The van der Waals surface area contributed by atoms with Gasteiger partial charge in [0.15, 0.2) is 6.29 Å². The minimum absolute atomic E-state index is 0.0110. The Hall–Kier alpha value is -3.04. The van der Waals surface area contributed by atoms with E-state index in [9.17, 15) is 34.4 Å². The van der Waals surface area contributed by atoms with Gasteiger partial charge in [0.05, 0.1) is 49.2 Å². The van der Waals surface area contributed by atoms with E-state index in [0.717, 1.165) is 11.9 Å². The SMILES string of the molecule is CC[C@H]1OC(=O)C[C@@H](O)C(C)[C@@H](O[C@H]2O[C@@H](C)[C@H](O)[C@@H](N(C)C)[C@@H]2O)[C@@H](CC=O)C[C@@H](C)C(=N/OCc2ccc(F)cc2)/C=C/C(C)=C/C1CO. The van der Waals surface area contributed by atoms with Gasteiger partial charge in [-0.05, 0) is 70.5 Å². The molecule has 12 nitrogen and oxygen atoms in total. The third-order valence-corrected chi connectivity index (χ3v) is 9.90. The number of esters is 1. The van der Waals surface area contributed by atoms with Crippen molar-refractivity contribution in [2.24, 2.45) is 28.8 Å². The number of aldehydes is 1. The lowest BCUT2D eigenvalue weighted by molar-refractivity contribution is -0.304. The summed E-state index contributed by atoms with van der Waals surface area (Å²) in [4.78, 5) is 32.8. The Morgan fingerprint density at radius 1 is 1.08 bits per heavy atom. The second kappa shape index (κ2) is 20.3. The zero-order valence-corrected chi connectivity index (χ0v) is 30.8. The van der Waals surface area contributed by atoms with E-state index >= 15 is 0 Å². The Kier molecular flexibility index (Phi) is 16.8. The van der Waals surface area contributed by atoms with Crippen molar-refractivity contribution in [1.29, 1.82) is 0 Å². The number of likely N-dealkylation sites (N-methyl/N-ethyl adjacent to an activating group) is 1. The van der Waals surface area contributed by atoms with Crippen LogP contribution in [0.1, 0.15) is 65.9 Å². The molecule has 2 aliphatic rings. The molecule has 0 aliphatic carbocycles. The highest BCUT2D eigenvalue weighted by atomic mass is 19.1. The number of aliphatic hydroxyl groups excluding tert-OH is 4. The number of oxime groups is 1. The van der Waals surface area contributed by atoms with Gasteiger partial charge in [-0.25, -0.2) is 4.39 Å². The van der Waals surface area contributed by atoms with E-state index in [1.54, 1.807) is 51.1 Å². The fourth-order valence-electron chi connectivity index (χ4n) is 6.82. The second-order valence-electron chi connectivity index (χ2n) is 14.1. The zero-order chi connectivity index (χ0) is 37.8. The van der Waals surface area contributed by atoms with Gasteiger partial charge in [-0.1, -0.05) is 55.8 Å². The number of hydrogen-bond donors (Lipinski definition) is 4. The standard InChI is InChI=1S/C38H57FN2O10/c1-8-32-28(20-43)17-22(2)9-14-30(40-48-21-26-10-12-29(39)13-11-26)23(3)18-27(15-16-42)37(24(4)31(44)19-33(45)50-32)51-38-36(47)34(41(6)7)35(46)25(5)49-38/h9-14,16-17,23-25,27-28,31-32,34-38,43-44,46-47H,8,15,18-21H2,1-7H3/b14-9+,22-17+,40-30+/t23-,24?,25+,27+,28?,31-,32-,34-,35+,36+,37-,38-/m1/s1. The average Bonchev–Trinajstić information content (AvgIpc) is 3.08. The monoisotopic (exact) mass is 720 g/mol. The molecule has 0 saturated carbocycles. The predicted molar refractivity (Wildman–Crippen MR) is 189 cm³/mol. The van der Waals surface area contributed by atoms with Gasteiger partial charge in [0.2, 0.25) is 0 Å². The summed E-state index contributed by atoms with van der Waals surface area (Å²) in [6.45, 7) is 8.77. The van der Waals surface area contributed by atoms with E-state index in [0.29, 0.717) is 24.1 Å². The molecule has 0 spiro atoms. The first kappa shape index (κ1) is 42.4. The van der Waals surface area contributed by atoms with E-state index in [-0.39, 0.29) is 37.8 Å². The summed E-state index contributed by atoms with van der Waals surface area (Å²) < 4.78 is 31.7. The van der Waals surface area contributed by atoms with Crippen LogP contribution in [0.4, 0.5) is 4.39 Å². The first-order chi connectivity index (χ1) is 24.2. The average molecular weight is 721 g/mol. The highest BCUT2D eigenvalue weighted by Crippen LogP contribution is 2.34. The van der Waals surface area contributed by atoms with Crippen molar-refractivity contribution >= 4 is 18.0 Å². The van der Waals surface area contributed by atoms with Gasteiger partial charge in [0.25, 0.3) is 0 Å². The Morgan fingerprint density at radius 2 is 1.76 bits per heavy atom. The van der Waals surface area contributed by atoms with Gasteiger partial charge in [-0.2, -0.15) is 0 Å². The molecular weight excluding hydrogens is 663 g/mol. The van der Waals surface area contributed by atoms with Gasteiger partial charge < -0.3 is 49.2 Å². The number of carbonyl (C=O) groups excluding carboxylic acids is 2. The number of allylic oxidation sites excluding steroid dienone is 3. The second-order valence-corrected chi connectivity index (χ2v) is 14.1. The molecule has 1 aromatic carbocycles. The molecule has 0 aromatic heterocycles. The molecule has 1 aromatic rings. The van der Waals surface area contributed by atoms with Crippen LogP contribution in [0, 0.1) is 29.5 Å². The van der Waals surface area contributed by atoms with Crippen LogP contribution < -0.4 is 0 Å². The fourth-order valence-corrected chi connectivity index (χ4v) is 6.82. The van der Waals surface area contributed by atoms with Crippen molar-refractivity contribution in [3.63, 3.8) is 0 Å². The molecule has 2 heterocycles. The third kappa shape index (κ3) is 12.0. The van der Waals surface area contributed by atoms with Crippen molar-refractivity contribution in [1.82, 2.24) is 4.90 Å². The van der Waals surface area contributed by atoms with Crippen LogP contribution in [0.3, 0.4) is 0 Å². The molecule has 0 radical (unpaired) electrons. The number of carbonyl (C=O) groups is 2. The third-order valence-electron chi connectivity index (χ3n) is 9.90. The van der Waals surface area contributed by atoms with Crippen LogP contribution >= 0.6 is 0 Å². The highest BCUT2D eigenvalue weighted by Gasteiger charge is 2.47. The summed E-state index contributed by atoms with van der Waals surface area (Å²) in [6.07, 6.45) is -0.565. The topological polar surface area (TPSA) is 168 Å². The maximum absolute atomic E-state index is 13.5. The van der Waals surface area contributed by atoms with E-state index < -0.39 is 72.7 Å². The largest absolute Gasteiger partial charge is 0.462 e. The van der Waals surface area contributed by atoms with Gasteiger partial charge in [-0.15, -0.1) is 0 Å². The minimum Gasteiger partial charge on any atom is -0.462 e. The summed E-state index contributed by atoms with van der Waals surface area (Å²) in [5.74, 6) is -3.20. The number of benzene rings is 1. The molecular formula is C38H57FN2O10. The molecule has 1 fully saturated rings. The van der Waals surface area contributed by atoms with E-state index in [1.165, 1.54) is 12.1 Å². The Balaban J connectivity index is 2.07.